The van der Waals surface area contributed by atoms with Gasteiger partial charge in [0.05, 0.1) is 7.11 Å². The fourth-order valence-corrected chi connectivity index (χ4v) is 2.12. The molecule has 1 atom stereocenters. The van der Waals surface area contributed by atoms with E-state index in [9.17, 15) is 9.59 Å². The minimum absolute atomic E-state index is 0.210. The zero-order valence-corrected chi connectivity index (χ0v) is 11.3. The van der Waals surface area contributed by atoms with E-state index in [0.29, 0.717) is 5.75 Å². The number of carbonyl (C=O) groups is 2. The summed E-state index contributed by atoms with van der Waals surface area (Å²) in [7, 11) is 1.57. The quantitative estimate of drug-likeness (QED) is 0.767. The number of ether oxygens (including phenoxy) is 1. The lowest BCUT2D eigenvalue weighted by atomic mass is 10.0. The number of carbonyl (C=O) groups excluding carboxylic acids is 1. The molecule has 0 bridgehead atoms. The van der Waals surface area contributed by atoms with Gasteiger partial charge in [-0.25, -0.2) is 4.79 Å². The highest BCUT2D eigenvalue weighted by atomic mass is 16.5. The number of carboxylic acid groups (broad SMARTS) is 1. The Morgan fingerprint density at radius 2 is 2.20 bits per heavy atom. The Hall–Kier alpha value is -2.50. The molecule has 106 valence electrons. The second kappa shape index (κ2) is 5.64. The van der Waals surface area contributed by atoms with Crippen molar-refractivity contribution in [3.8, 4) is 5.75 Å². The Bertz CT molecular complexity index is 648. The Kier molecular flexibility index (Phi) is 3.93. The van der Waals surface area contributed by atoms with Crippen molar-refractivity contribution in [3.05, 3.63) is 30.0 Å². The van der Waals surface area contributed by atoms with Gasteiger partial charge in [0, 0.05) is 30.4 Å². The number of benzene rings is 1. The second-order valence-electron chi connectivity index (χ2n) is 4.52. The molecule has 0 aliphatic carbocycles. The molecule has 1 aromatic carbocycles. The van der Waals surface area contributed by atoms with Gasteiger partial charge in [0.1, 0.15) is 11.8 Å². The lowest BCUT2D eigenvalue weighted by molar-refractivity contribution is -0.141. The summed E-state index contributed by atoms with van der Waals surface area (Å²) in [6, 6.07) is 4.59. The van der Waals surface area contributed by atoms with Gasteiger partial charge in [-0.3, -0.25) is 4.79 Å². The smallest absolute Gasteiger partial charge is 0.326 e. The predicted molar refractivity (Wildman–Crippen MR) is 73.8 cm³/mol. The summed E-state index contributed by atoms with van der Waals surface area (Å²) in [5.41, 5.74) is 1.72. The van der Waals surface area contributed by atoms with Crippen LogP contribution in [0, 0.1) is 0 Å². The van der Waals surface area contributed by atoms with Crippen LogP contribution in [0.25, 0.3) is 10.9 Å². The van der Waals surface area contributed by atoms with Crippen LogP contribution in [0.5, 0.6) is 5.75 Å². The van der Waals surface area contributed by atoms with Crippen molar-refractivity contribution in [1.29, 1.82) is 0 Å². The van der Waals surface area contributed by atoms with Crippen LogP contribution < -0.4 is 10.1 Å². The number of methoxy groups -OCH3 is 1. The van der Waals surface area contributed by atoms with Crippen molar-refractivity contribution >= 4 is 22.8 Å². The number of amides is 1. The number of aromatic nitrogens is 1. The Labute approximate surface area is 115 Å². The number of H-pyrrole nitrogens is 1. The third kappa shape index (κ3) is 2.90. The van der Waals surface area contributed by atoms with Crippen molar-refractivity contribution in [2.24, 2.45) is 0 Å². The number of aliphatic carboxylic acids is 1. The van der Waals surface area contributed by atoms with Gasteiger partial charge in [-0.1, -0.05) is 0 Å². The van der Waals surface area contributed by atoms with Crippen molar-refractivity contribution in [1.82, 2.24) is 10.3 Å². The minimum Gasteiger partial charge on any atom is -0.497 e. The number of carboxylic acids is 1. The topological polar surface area (TPSA) is 91.4 Å². The van der Waals surface area contributed by atoms with Gasteiger partial charge >= 0.3 is 5.97 Å². The average molecular weight is 276 g/mol. The van der Waals surface area contributed by atoms with Crippen molar-refractivity contribution in [2.45, 2.75) is 19.4 Å². The highest BCUT2D eigenvalue weighted by Crippen LogP contribution is 2.24. The van der Waals surface area contributed by atoms with Crippen LogP contribution in [0.4, 0.5) is 0 Å². The third-order valence-corrected chi connectivity index (χ3v) is 3.07. The lowest BCUT2D eigenvalue weighted by Crippen LogP contribution is -2.41. The van der Waals surface area contributed by atoms with Crippen LogP contribution >= 0.6 is 0 Å². The average Bonchev–Trinajstić information content (AvgIpc) is 2.79. The minimum atomic E-state index is -1.06. The molecule has 1 amide bonds. The van der Waals surface area contributed by atoms with Crippen LogP contribution in [0.2, 0.25) is 0 Å². The zero-order chi connectivity index (χ0) is 14.7. The zero-order valence-electron chi connectivity index (χ0n) is 11.3. The normalized spacial score (nSPS) is 12.1. The van der Waals surface area contributed by atoms with Crippen LogP contribution in [-0.4, -0.2) is 35.1 Å². The first-order valence-corrected chi connectivity index (χ1v) is 6.15. The standard InChI is InChI=1S/C14H16N2O4/c1-8(17)16-13(14(18)19)5-9-7-15-12-4-3-10(20-2)6-11(9)12/h3-4,6-7,13,15H,5H2,1-2H3,(H,16,17)(H,18,19)/t13-/m1/s1. The summed E-state index contributed by atoms with van der Waals surface area (Å²) in [6.45, 7) is 1.30. The SMILES string of the molecule is COc1ccc2[nH]cc(C[C@@H](NC(C)=O)C(=O)O)c2c1. The molecule has 6 nitrogen and oxygen atoms in total. The van der Waals surface area contributed by atoms with Crippen molar-refractivity contribution < 1.29 is 19.4 Å². The second-order valence-corrected chi connectivity index (χ2v) is 4.52. The van der Waals surface area contributed by atoms with Crippen molar-refractivity contribution in [3.63, 3.8) is 0 Å². The molecule has 20 heavy (non-hydrogen) atoms. The van der Waals surface area contributed by atoms with Gasteiger partial charge in [0.2, 0.25) is 5.91 Å². The first-order valence-electron chi connectivity index (χ1n) is 6.15. The Morgan fingerprint density at radius 3 is 2.80 bits per heavy atom. The highest BCUT2D eigenvalue weighted by Gasteiger charge is 2.20. The molecule has 6 heteroatoms. The summed E-state index contributed by atoms with van der Waals surface area (Å²) < 4.78 is 5.16. The molecule has 0 aliphatic heterocycles. The van der Waals surface area contributed by atoms with Gasteiger partial charge in [-0.2, -0.15) is 0 Å². The molecule has 2 rings (SSSR count). The molecular formula is C14H16N2O4. The highest BCUT2D eigenvalue weighted by molar-refractivity contribution is 5.87. The Morgan fingerprint density at radius 1 is 1.45 bits per heavy atom. The summed E-state index contributed by atoms with van der Waals surface area (Å²) >= 11 is 0. The largest absolute Gasteiger partial charge is 0.497 e. The van der Waals surface area contributed by atoms with E-state index in [1.165, 1.54) is 6.92 Å². The molecule has 0 spiro atoms. The fraction of sp³-hybridized carbons (Fsp3) is 0.286. The van der Waals surface area contributed by atoms with Crippen LogP contribution in [0.15, 0.2) is 24.4 Å². The van der Waals surface area contributed by atoms with E-state index in [1.54, 1.807) is 13.3 Å². The van der Waals surface area contributed by atoms with E-state index in [0.717, 1.165) is 16.5 Å². The van der Waals surface area contributed by atoms with Gasteiger partial charge in [-0.15, -0.1) is 0 Å². The van der Waals surface area contributed by atoms with E-state index in [4.69, 9.17) is 9.84 Å². The number of hydrogen-bond acceptors (Lipinski definition) is 3. The first-order chi connectivity index (χ1) is 9.51. The lowest BCUT2D eigenvalue weighted by Gasteiger charge is -2.12. The van der Waals surface area contributed by atoms with Gasteiger partial charge in [-0.05, 0) is 23.8 Å². The molecular weight excluding hydrogens is 260 g/mol. The number of aromatic amines is 1. The number of rotatable bonds is 5. The van der Waals surface area contributed by atoms with Gasteiger partial charge in [0.25, 0.3) is 0 Å². The van der Waals surface area contributed by atoms with Gasteiger partial charge < -0.3 is 20.1 Å². The summed E-state index contributed by atoms with van der Waals surface area (Å²) in [5.74, 6) is -0.725. The third-order valence-electron chi connectivity index (χ3n) is 3.07. The molecule has 0 fully saturated rings. The first kappa shape index (κ1) is 13.9. The van der Waals surface area contributed by atoms with E-state index < -0.39 is 12.0 Å². The van der Waals surface area contributed by atoms with E-state index in [2.05, 4.69) is 10.3 Å². The van der Waals surface area contributed by atoms with Crippen molar-refractivity contribution in [2.75, 3.05) is 7.11 Å². The van der Waals surface area contributed by atoms with E-state index >= 15 is 0 Å². The number of hydrogen-bond donors (Lipinski definition) is 3. The van der Waals surface area contributed by atoms with E-state index in [-0.39, 0.29) is 12.3 Å². The predicted octanol–water partition coefficient (Wildman–Crippen LogP) is 1.31. The van der Waals surface area contributed by atoms with Crippen LogP contribution in [0.1, 0.15) is 12.5 Å². The monoisotopic (exact) mass is 276 g/mol. The Balaban J connectivity index is 2.31. The maximum Gasteiger partial charge on any atom is 0.326 e. The van der Waals surface area contributed by atoms with Crippen LogP contribution in [-0.2, 0) is 16.0 Å². The molecule has 0 saturated carbocycles. The van der Waals surface area contributed by atoms with Crippen LogP contribution in [0.3, 0.4) is 0 Å². The molecule has 0 radical (unpaired) electrons. The molecule has 1 heterocycles. The molecule has 2 aromatic rings. The summed E-state index contributed by atoms with van der Waals surface area (Å²) in [5, 5.41) is 12.5. The van der Waals surface area contributed by atoms with E-state index in [1.807, 2.05) is 18.2 Å². The summed E-state index contributed by atoms with van der Waals surface area (Å²) in [6.07, 6.45) is 1.96. The maximum atomic E-state index is 11.2. The number of nitrogens with one attached hydrogen (secondary N) is 2. The number of fused-ring (bicyclic) bond motifs is 1. The maximum absolute atomic E-state index is 11.2. The molecule has 1 aromatic heterocycles. The molecule has 0 aliphatic rings. The fourth-order valence-electron chi connectivity index (χ4n) is 2.12. The van der Waals surface area contributed by atoms with Gasteiger partial charge in [0.15, 0.2) is 0 Å². The molecule has 0 unspecified atom stereocenters. The summed E-state index contributed by atoms with van der Waals surface area (Å²) in [4.78, 5) is 25.3. The molecule has 3 N–H and O–H groups in total. The molecule has 0 saturated heterocycles.